The van der Waals surface area contributed by atoms with Crippen LogP contribution in [0, 0.1) is 6.92 Å². The zero-order valence-corrected chi connectivity index (χ0v) is 8.70. The van der Waals surface area contributed by atoms with Crippen molar-refractivity contribution >= 4 is 17.0 Å². The van der Waals surface area contributed by atoms with Crippen molar-refractivity contribution in [3.05, 3.63) is 29.7 Å². The number of hydrogen-bond donors (Lipinski definition) is 1. The first-order chi connectivity index (χ1) is 7.15. The van der Waals surface area contributed by atoms with E-state index in [1.54, 1.807) is 0 Å². The van der Waals surface area contributed by atoms with E-state index < -0.39 is 0 Å². The van der Waals surface area contributed by atoms with Crippen LogP contribution in [-0.2, 0) is 11.3 Å². The summed E-state index contributed by atoms with van der Waals surface area (Å²) >= 11 is 0. The van der Waals surface area contributed by atoms with E-state index in [4.69, 9.17) is 4.42 Å². The normalized spacial score (nSPS) is 10.5. The Morgan fingerprint density at radius 1 is 1.53 bits per heavy atom. The molecule has 0 spiro atoms. The number of benzene rings is 1. The van der Waals surface area contributed by atoms with Gasteiger partial charge in [-0.05, 0) is 17.7 Å². The molecule has 1 aromatic heterocycles. The van der Waals surface area contributed by atoms with E-state index in [-0.39, 0.29) is 5.91 Å². The molecule has 15 heavy (non-hydrogen) atoms. The van der Waals surface area contributed by atoms with Crippen LogP contribution in [0.4, 0.5) is 0 Å². The third-order valence-corrected chi connectivity index (χ3v) is 2.10. The summed E-state index contributed by atoms with van der Waals surface area (Å²) in [7, 11) is 0. The van der Waals surface area contributed by atoms with Gasteiger partial charge >= 0.3 is 0 Å². The van der Waals surface area contributed by atoms with E-state index in [1.807, 2.05) is 25.1 Å². The Balaban J connectivity index is 2.26. The topological polar surface area (TPSA) is 55.1 Å². The second-order valence-corrected chi connectivity index (χ2v) is 3.44. The molecular formula is C11H12N2O2. The lowest BCUT2D eigenvalue weighted by Gasteiger charge is -2.00. The summed E-state index contributed by atoms with van der Waals surface area (Å²) in [5, 5.41) is 2.74. The highest BCUT2D eigenvalue weighted by atomic mass is 16.3. The molecular weight excluding hydrogens is 192 g/mol. The Labute approximate surface area is 87.3 Å². The molecule has 1 amide bonds. The van der Waals surface area contributed by atoms with Crippen LogP contribution in [0.1, 0.15) is 18.4 Å². The van der Waals surface area contributed by atoms with Crippen LogP contribution in [-0.4, -0.2) is 10.9 Å². The molecule has 1 heterocycles. The number of rotatable bonds is 2. The molecule has 2 aromatic rings. The summed E-state index contributed by atoms with van der Waals surface area (Å²) in [5.41, 5.74) is 2.63. The summed E-state index contributed by atoms with van der Waals surface area (Å²) in [6, 6.07) is 5.71. The predicted octanol–water partition coefficient (Wildman–Crippen LogP) is 1.77. The Kier molecular flexibility index (Phi) is 2.41. The van der Waals surface area contributed by atoms with Gasteiger partial charge in [-0.2, -0.15) is 0 Å². The van der Waals surface area contributed by atoms with Crippen LogP contribution in [0.2, 0.25) is 0 Å². The fraction of sp³-hybridized carbons (Fsp3) is 0.273. The van der Waals surface area contributed by atoms with Crippen LogP contribution < -0.4 is 5.32 Å². The van der Waals surface area contributed by atoms with Crippen LogP contribution in [0.5, 0.6) is 0 Å². The number of nitrogens with one attached hydrogen (secondary N) is 1. The van der Waals surface area contributed by atoms with Crippen LogP contribution >= 0.6 is 0 Å². The average molecular weight is 204 g/mol. The number of carbonyl (C=O) groups excluding carboxylic acids is 1. The summed E-state index contributed by atoms with van der Waals surface area (Å²) in [4.78, 5) is 15.0. The molecule has 78 valence electrons. The number of hydrogen-bond acceptors (Lipinski definition) is 3. The molecule has 4 heteroatoms. The molecule has 0 atom stereocenters. The molecule has 1 N–H and O–H groups in total. The minimum Gasteiger partial charge on any atom is -0.441 e. The standard InChI is InChI=1S/C11H12N2O2/c1-7(14)12-6-9-3-4-11-10(5-9)13-8(2)15-11/h3-5H,6H2,1-2H3,(H,12,14). The van der Waals surface area contributed by atoms with Crippen molar-refractivity contribution in [3.63, 3.8) is 0 Å². The Hall–Kier alpha value is -1.84. The molecule has 0 bridgehead atoms. The fourth-order valence-corrected chi connectivity index (χ4v) is 1.42. The third-order valence-electron chi connectivity index (χ3n) is 2.10. The number of aryl methyl sites for hydroxylation is 1. The summed E-state index contributed by atoms with van der Waals surface area (Å²) in [6.07, 6.45) is 0. The Bertz CT molecular complexity index is 502. The van der Waals surface area contributed by atoms with Crippen LogP contribution in [0.25, 0.3) is 11.1 Å². The van der Waals surface area contributed by atoms with Gasteiger partial charge in [0.25, 0.3) is 0 Å². The molecule has 0 aliphatic heterocycles. The number of carbonyl (C=O) groups is 1. The first kappa shape index (κ1) is 9.71. The van der Waals surface area contributed by atoms with Gasteiger partial charge in [-0.3, -0.25) is 4.79 Å². The molecule has 0 fully saturated rings. The van der Waals surface area contributed by atoms with E-state index in [0.717, 1.165) is 16.7 Å². The molecule has 0 saturated heterocycles. The van der Waals surface area contributed by atoms with Gasteiger partial charge in [0, 0.05) is 20.4 Å². The van der Waals surface area contributed by atoms with Crippen molar-refractivity contribution in [2.75, 3.05) is 0 Å². The number of fused-ring (bicyclic) bond motifs is 1. The molecule has 0 saturated carbocycles. The number of nitrogens with zero attached hydrogens (tertiary/aromatic N) is 1. The quantitative estimate of drug-likeness (QED) is 0.811. The Morgan fingerprint density at radius 3 is 3.07 bits per heavy atom. The van der Waals surface area contributed by atoms with Crippen molar-refractivity contribution in [2.45, 2.75) is 20.4 Å². The number of aromatic nitrogens is 1. The van der Waals surface area contributed by atoms with Gasteiger partial charge in [0.2, 0.25) is 5.91 Å². The van der Waals surface area contributed by atoms with Gasteiger partial charge < -0.3 is 9.73 Å². The highest BCUT2D eigenvalue weighted by molar-refractivity contribution is 5.75. The average Bonchev–Trinajstić information content (AvgIpc) is 2.53. The summed E-state index contributed by atoms with van der Waals surface area (Å²) in [6.45, 7) is 3.84. The van der Waals surface area contributed by atoms with Gasteiger partial charge in [0.1, 0.15) is 5.52 Å². The van der Waals surface area contributed by atoms with E-state index in [0.29, 0.717) is 12.4 Å². The minimum absolute atomic E-state index is 0.0357. The zero-order chi connectivity index (χ0) is 10.8. The van der Waals surface area contributed by atoms with Gasteiger partial charge in [-0.25, -0.2) is 4.98 Å². The van der Waals surface area contributed by atoms with Crippen molar-refractivity contribution in [1.29, 1.82) is 0 Å². The smallest absolute Gasteiger partial charge is 0.217 e. The third kappa shape index (κ3) is 2.15. The maximum Gasteiger partial charge on any atom is 0.217 e. The maximum absolute atomic E-state index is 10.7. The Morgan fingerprint density at radius 2 is 2.33 bits per heavy atom. The lowest BCUT2D eigenvalue weighted by atomic mass is 10.2. The lowest BCUT2D eigenvalue weighted by Crippen LogP contribution is -2.18. The maximum atomic E-state index is 10.7. The van der Waals surface area contributed by atoms with Crippen molar-refractivity contribution < 1.29 is 9.21 Å². The number of oxazole rings is 1. The van der Waals surface area contributed by atoms with Crippen LogP contribution in [0.3, 0.4) is 0 Å². The molecule has 0 aliphatic carbocycles. The fourth-order valence-electron chi connectivity index (χ4n) is 1.42. The lowest BCUT2D eigenvalue weighted by molar-refractivity contribution is -0.119. The second kappa shape index (κ2) is 3.73. The van der Waals surface area contributed by atoms with Gasteiger partial charge in [0.15, 0.2) is 11.5 Å². The van der Waals surface area contributed by atoms with E-state index in [2.05, 4.69) is 10.3 Å². The monoisotopic (exact) mass is 204 g/mol. The summed E-state index contributed by atoms with van der Waals surface area (Å²) in [5.74, 6) is 0.619. The highest BCUT2D eigenvalue weighted by Crippen LogP contribution is 2.16. The van der Waals surface area contributed by atoms with E-state index in [1.165, 1.54) is 6.92 Å². The minimum atomic E-state index is -0.0357. The van der Waals surface area contributed by atoms with Crippen LogP contribution in [0.15, 0.2) is 22.6 Å². The molecule has 0 radical (unpaired) electrons. The second-order valence-electron chi connectivity index (χ2n) is 3.44. The molecule has 4 nitrogen and oxygen atoms in total. The molecule has 0 unspecified atom stereocenters. The van der Waals surface area contributed by atoms with Gasteiger partial charge in [-0.15, -0.1) is 0 Å². The van der Waals surface area contributed by atoms with Gasteiger partial charge in [-0.1, -0.05) is 6.07 Å². The molecule has 0 aliphatic rings. The van der Waals surface area contributed by atoms with Crippen molar-refractivity contribution in [2.24, 2.45) is 0 Å². The van der Waals surface area contributed by atoms with E-state index in [9.17, 15) is 4.79 Å². The van der Waals surface area contributed by atoms with Gasteiger partial charge in [0.05, 0.1) is 0 Å². The SMILES string of the molecule is CC(=O)NCc1ccc2oc(C)nc2c1. The summed E-state index contributed by atoms with van der Waals surface area (Å²) < 4.78 is 5.35. The van der Waals surface area contributed by atoms with E-state index >= 15 is 0 Å². The molecule has 1 aromatic carbocycles. The predicted molar refractivity (Wildman–Crippen MR) is 56.3 cm³/mol. The largest absolute Gasteiger partial charge is 0.441 e. The highest BCUT2D eigenvalue weighted by Gasteiger charge is 2.03. The first-order valence-corrected chi connectivity index (χ1v) is 4.75. The zero-order valence-electron chi connectivity index (χ0n) is 8.70. The molecule has 2 rings (SSSR count). The van der Waals surface area contributed by atoms with Crippen molar-refractivity contribution in [3.8, 4) is 0 Å². The first-order valence-electron chi connectivity index (χ1n) is 4.75. The number of amides is 1. The van der Waals surface area contributed by atoms with Crippen molar-refractivity contribution in [1.82, 2.24) is 10.3 Å².